The number of rotatable bonds is 7. The third kappa shape index (κ3) is 5.35. The van der Waals surface area contributed by atoms with Gasteiger partial charge >= 0.3 is 5.97 Å². The zero-order chi connectivity index (χ0) is 15.3. The van der Waals surface area contributed by atoms with E-state index >= 15 is 0 Å². The van der Waals surface area contributed by atoms with Crippen LogP contribution < -0.4 is 5.32 Å². The van der Waals surface area contributed by atoms with Crippen LogP contribution in [0.4, 0.5) is 0 Å². The Bertz CT molecular complexity index is 481. The smallest absolute Gasteiger partial charge is 0.358 e. The molecule has 0 atom stereocenters. The summed E-state index contributed by atoms with van der Waals surface area (Å²) in [6, 6.07) is 0. The number of amides is 1. The van der Waals surface area contributed by atoms with E-state index < -0.39 is 5.97 Å². The molecule has 0 aliphatic rings. The van der Waals surface area contributed by atoms with Crippen LogP contribution in [0.25, 0.3) is 0 Å². The zero-order valence-corrected chi connectivity index (χ0v) is 12.3. The molecule has 1 rings (SSSR count). The third-order valence-electron chi connectivity index (χ3n) is 2.57. The average Bonchev–Trinajstić information content (AvgIpc) is 2.73. The highest BCUT2D eigenvalue weighted by Crippen LogP contribution is 2.13. The van der Waals surface area contributed by atoms with Gasteiger partial charge in [-0.15, -0.1) is 5.10 Å². The van der Waals surface area contributed by atoms with Gasteiger partial charge in [0.05, 0.1) is 6.20 Å². The lowest BCUT2D eigenvalue weighted by atomic mass is 9.93. The molecule has 0 aliphatic heterocycles. The van der Waals surface area contributed by atoms with E-state index in [1.807, 2.05) is 14.1 Å². The molecule has 0 radical (unpaired) electrons. The van der Waals surface area contributed by atoms with Crippen LogP contribution >= 0.6 is 0 Å². The van der Waals surface area contributed by atoms with Crippen LogP contribution in [0.5, 0.6) is 0 Å². The van der Waals surface area contributed by atoms with Gasteiger partial charge in [0.25, 0.3) is 0 Å². The number of hydrogen-bond acceptors (Lipinski definition) is 5. The molecule has 1 aromatic rings. The SMILES string of the molecule is CN(C)CC(C)(C)CNC(=O)Cn1cc(C(=O)O)nn1. The largest absolute Gasteiger partial charge is 0.476 e. The van der Waals surface area contributed by atoms with E-state index in [9.17, 15) is 9.59 Å². The summed E-state index contributed by atoms with van der Waals surface area (Å²) in [6.07, 6.45) is 1.23. The molecule has 112 valence electrons. The lowest BCUT2D eigenvalue weighted by Crippen LogP contribution is -2.41. The van der Waals surface area contributed by atoms with Gasteiger partial charge in [0.15, 0.2) is 5.69 Å². The molecule has 0 aromatic carbocycles. The highest BCUT2D eigenvalue weighted by Gasteiger charge is 2.20. The fraction of sp³-hybridized carbons (Fsp3) is 0.667. The number of carbonyl (C=O) groups excluding carboxylic acids is 1. The molecule has 0 saturated carbocycles. The van der Waals surface area contributed by atoms with Gasteiger partial charge in [0, 0.05) is 13.1 Å². The van der Waals surface area contributed by atoms with Gasteiger partial charge in [-0.1, -0.05) is 19.1 Å². The average molecular weight is 283 g/mol. The van der Waals surface area contributed by atoms with Gasteiger partial charge in [-0.2, -0.15) is 0 Å². The van der Waals surface area contributed by atoms with E-state index in [0.717, 1.165) is 6.54 Å². The van der Waals surface area contributed by atoms with Crippen molar-refractivity contribution in [3.8, 4) is 0 Å². The number of aromatic nitrogens is 3. The number of carboxylic acids is 1. The molecule has 2 N–H and O–H groups in total. The minimum absolute atomic E-state index is 0.0433. The molecule has 0 unspecified atom stereocenters. The molecule has 0 fully saturated rings. The van der Waals surface area contributed by atoms with Gasteiger partial charge in [-0.05, 0) is 19.5 Å². The fourth-order valence-corrected chi connectivity index (χ4v) is 1.93. The summed E-state index contributed by atoms with van der Waals surface area (Å²) in [7, 11) is 3.96. The van der Waals surface area contributed by atoms with Crippen molar-refractivity contribution in [1.29, 1.82) is 0 Å². The summed E-state index contributed by atoms with van der Waals surface area (Å²) >= 11 is 0. The van der Waals surface area contributed by atoms with Gasteiger partial charge in [-0.3, -0.25) is 4.79 Å². The monoisotopic (exact) mass is 283 g/mol. The van der Waals surface area contributed by atoms with E-state index in [1.165, 1.54) is 10.9 Å². The molecule has 1 heterocycles. The molecule has 8 nitrogen and oxygen atoms in total. The maximum absolute atomic E-state index is 11.8. The quantitative estimate of drug-likeness (QED) is 0.711. The summed E-state index contributed by atoms with van der Waals surface area (Å²) in [4.78, 5) is 24.5. The molecule has 0 bridgehead atoms. The van der Waals surface area contributed by atoms with Crippen molar-refractivity contribution in [1.82, 2.24) is 25.2 Å². The minimum atomic E-state index is -1.16. The van der Waals surface area contributed by atoms with Crippen molar-refractivity contribution in [3.63, 3.8) is 0 Å². The molecular weight excluding hydrogens is 262 g/mol. The Morgan fingerprint density at radius 1 is 1.45 bits per heavy atom. The van der Waals surface area contributed by atoms with E-state index in [1.54, 1.807) is 0 Å². The van der Waals surface area contributed by atoms with Crippen molar-refractivity contribution in [2.75, 3.05) is 27.2 Å². The third-order valence-corrected chi connectivity index (χ3v) is 2.57. The standard InChI is InChI=1S/C12H21N5O3/c1-12(2,8-16(3)4)7-13-10(18)6-17-5-9(11(19)20)14-15-17/h5H,6-8H2,1-4H3,(H,13,18)(H,19,20). The van der Waals surface area contributed by atoms with Crippen molar-refractivity contribution < 1.29 is 14.7 Å². The van der Waals surface area contributed by atoms with Crippen LogP contribution in [0.15, 0.2) is 6.20 Å². The Labute approximate surface area is 117 Å². The van der Waals surface area contributed by atoms with E-state index in [-0.39, 0.29) is 23.6 Å². The number of hydrogen-bond donors (Lipinski definition) is 2. The van der Waals surface area contributed by atoms with E-state index in [0.29, 0.717) is 6.54 Å². The lowest BCUT2D eigenvalue weighted by molar-refractivity contribution is -0.122. The number of nitrogens with zero attached hydrogens (tertiary/aromatic N) is 4. The molecule has 8 heteroatoms. The predicted molar refractivity (Wildman–Crippen MR) is 72.3 cm³/mol. The van der Waals surface area contributed by atoms with Crippen LogP contribution in [0.3, 0.4) is 0 Å². The topological polar surface area (TPSA) is 100 Å². The molecule has 0 saturated heterocycles. The second-order valence-electron chi connectivity index (χ2n) is 5.79. The van der Waals surface area contributed by atoms with E-state index in [4.69, 9.17) is 5.11 Å². The molecule has 20 heavy (non-hydrogen) atoms. The lowest BCUT2D eigenvalue weighted by Gasteiger charge is -2.28. The van der Waals surface area contributed by atoms with Gasteiger partial charge in [0.1, 0.15) is 6.54 Å². The van der Waals surface area contributed by atoms with Gasteiger partial charge < -0.3 is 15.3 Å². The molecular formula is C12H21N5O3. The number of carbonyl (C=O) groups is 2. The van der Waals surface area contributed by atoms with E-state index in [2.05, 4.69) is 34.4 Å². The fourth-order valence-electron chi connectivity index (χ4n) is 1.93. The Hall–Kier alpha value is -1.96. The maximum Gasteiger partial charge on any atom is 0.358 e. The molecule has 1 amide bonds. The first-order chi connectivity index (χ1) is 9.19. The number of carboxylic acid groups (broad SMARTS) is 1. The summed E-state index contributed by atoms with van der Waals surface area (Å²) in [5.74, 6) is -1.39. The summed E-state index contributed by atoms with van der Waals surface area (Å²) in [5.41, 5.74) is -0.223. The highest BCUT2D eigenvalue weighted by molar-refractivity contribution is 5.84. The Morgan fingerprint density at radius 2 is 2.10 bits per heavy atom. The Kier molecular flexibility index (Phi) is 5.20. The zero-order valence-electron chi connectivity index (χ0n) is 12.3. The normalized spacial score (nSPS) is 11.7. The first kappa shape index (κ1) is 16.1. The summed E-state index contributed by atoms with van der Waals surface area (Å²) in [6.45, 7) is 5.46. The van der Waals surface area contributed by atoms with Crippen LogP contribution in [-0.2, 0) is 11.3 Å². The molecule has 0 aliphatic carbocycles. The van der Waals surface area contributed by atoms with Crippen LogP contribution in [0.1, 0.15) is 24.3 Å². The van der Waals surface area contributed by atoms with Crippen LogP contribution in [0, 0.1) is 5.41 Å². The van der Waals surface area contributed by atoms with Crippen LogP contribution in [-0.4, -0.2) is 64.1 Å². The number of aromatic carboxylic acids is 1. The summed E-state index contributed by atoms with van der Waals surface area (Å²) < 4.78 is 1.21. The van der Waals surface area contributed by atoms with Crippen molar-refractivity contribution in [2.24, 2.45) is 5.41 Å². The molecule has 0 spiro atoms. The number of nitrogens with one attached hydrogen (secondary N) is 1. The van der Waals surface area contributed by atoms with Crippen molar-refractivity contribution in [3.05, 3.63) is 11.9 Å². The first-order valence-corrected chi connectivity index (χ1v) is 6.24. The maximum atomic E-state index is 11.8. The highest BCUT2D eigenvalue weighted by atomic mass is 16.4. The molecule has 1 aromatic heterocycles. The minimum Gasteiger partial charge on any atom is -0.476 e. The first-order valence-electron chi connectivity index (χ1n) is 6.24. The van der Waals surface area contributed by atoms with Gasteiger partial charge in [0.2, 0.25) is 5.91 Å². The van der Waals surface area contributed by atoms with Crippen molar-refractivity contribution >= 4 is 11.9 Å². The van der Waals surface area contributed by atoms with Crippen LogP contribution in [0.2, 0.25) is 0 Å². The van der Waals surface area contributed by atoms with Gasteiger partial charge in [-0.25, -0.2) is 9.48 Å². The summed E-state index contributed by atoms with van der Waals surface area (Å²) in [5, 5.41) is 18.5. The predicted octanol–water partition coefficient (Wildman–Crippen LogP) is -0.320. The Balaban J connectivity index is 2.45. The second kappa shape index (κ2) is 6.47. The Morgan fingerprint density at radius 3 is 2.60 bits per heavy atom. The van der Waals surface area contributed by atoms with Crippen molar-refractivity contribution in [2.45, 2.75) is 20.4 Å². The second-order valence-corrected chi connectivity index (χ2v) is 5.79.